The quantitative estimate of drug-likeness (QED) is 0.554. The lowest BCUT2D eigenvalue weighted by molar-refractivity contribution is -0.124. The standard InChI is InChI=1S/C19H20F2N4O2/c20-13-6-7-15(21)16(10-13)25-19(22)23-11-12-3-1-4-14(9-12)24-18(26)17-5-2-8-27-17/h1,3-4,6-7,9-10,17H,2,5,8,11H2,(H,24,26)(H3,22,23,25). The highest BCUT2D eigenvalue weighted by Gasteiger charge is 2.23. The molecule has 6 nitrogen and oxygen atoms in total. The molecule has 27 heavy (non-hydrogen) atoms. The molecule has 1 unspecified atom stereocenters. The van der Waals surface area contributed by atoms with Crippen LogP contribution in [0.4, 0.5) is 20.2 Å². The van der Waals surface area contributed by atoms with E-state index in [1.165, 1.54) is 0 Å². The second kappa shape index (κ2) is 8.59. The molecule has 0 aliphatic carbocycles. The second-order valence-corrected chi connectivity index (χ2v) is 6.14. The third-order valence-corrected chi connectivity index (χ3v) is 4.04. The van der Waals surface area contributed by atoms with E-state index in [-0.39, 0.29) is 24.1 Å². The predicted octanol–water partition coefficient (Wildman–Crippen LogP) is 3.01. The van der Waals surface area contributed by atoms with Crippen LogP contribution in [0, 0.1) is 11.6 Å². The van der Waals surface area contributed by atoms with Gasteiger partial charge in [0.15, 0.2) is 5.96 Å². The molecule has 8 heteroatoms. The Hall–Kier alpha value is -3.00. The molecule has 1 fully saturated rings. The van der Waals surface area contributed by atoms with Crippen molar-refractivity contribution in [3.8, 4) is 0 Å². The Morgan fingerprint density at radius 3 is 2.85 bits per heavy atom. The summed E-state index contributed by atoms with van der Waals surface area (Å²) >= 11 is 0. The van der Waals surface area contributed by atoms with Gasteiger partial charge in [-0.25, -0.2) is 13.8 Å². The Labute approximate surface area is 155 Å². The fourth-order valence-corrected chi connectivity index (χ4v) is 2.70. The smallest absolute Gasteiger partial charge is 0.253 e. The van der Waals surface area contributed by atoms with E-state index in [4.69, 9.17) is 10.5 Å². The van der Waals surface area contributed by atoms with E-state index in [0.29, 0.717) is 18.7 Å². The minimum absolute atomic E-state index is 0.0479. The van der Waals surface area contributed by atoms with Crippen molar-refractivity contribution < 1.29 is 18.3 Å². The van der Waals surface area contributed by atoms with Gasteiger partial charge in [-0.1, -0.05) is 12.1 Å². The minimum atomic E-state index is -0.631. The van der Waals surface area contributed by atoms with E-state index in [1.54, 1.807) is 18.2 Å². The van der Waals surface area contributed by atoms with Gasteiger partial charge in [0.25, 0.3) is 5.91 Å². The van der Waals surface area contributed by atoms with Gasteiger partial charge < -0.3 is 21.1 Å². The summed E-state index contributed by atoms with van der Waals surface area (Å²) in [7, 11) is 0. The van der Waals surface area contributed by atoms with Crippen molar-refractivity contribution in [1.29, 1.82) is 0 Å². The summed E-state index contributed by atoms with van der Waals surface area (Å²) in [5.41, 5.74) is 7.07. The predicted molar refractivity (Wildman–Crippen MR) is 99.4 cm³/mol. The number of nitrogens with zero attached hydrogens (tertiary/aromatic N) is 1. The third-order valence-electron chi connectivity index (χ3n) is 4.04. The molecule has 4 N–H and O–H groups in total. The number of halogens is 2. The molecule has 0 spiro atoms. The number of carbonyl (C=O) groups is 1. The Morgan fingerprint density at radius 1 is 1.22 bits per heavy atom. The van der Waals surface area contributed by atoms with Gasteiger partial charge >= 0.3 is 0 Å². The van der Waals surface area contributed by atoms with Crippen molar-refractivity contribution in [2.45, 2.75) is 25.5 Å². The zero-order valence-electron chi connectivity index (χ0n) is 14.5. The molecule has 2 aromatic carbocycles. The van der Waals surface area contributed by atoms with Crippen molar-refractivity contribution in [2.24, 2.45) is 10.7 Å². The lowest BCUT2D eigenvalue weighted by Crippen LogP contribution is -2.26. The van der Waals surface area contributed by atoms with Crippen molar-refractivity contribution in [2.75, 3.05) is 17.2 Å². The molecule has 3 rings (SSSR count). The van der Waals surface area contributed by atoms with Gasteiger partial charge in [-0.15, -0.1) is 0 Å². The first-order chi connectivity index (χ1) is 13.0. The normalized spacial score (nSPS) is 17.0. The number of aliphatic imine (C=N–C) groups is 1. The zero-order valence-corrected chi connectivity index (χ0v) is 14.5. The van der Waals surface area contributed by atoms with Crippen LogP contribution in [-0.2, 0) is 16.1 Å². The van der Waals surface area contributed by atoms with Crippen LogP contribution in [0.2, 0.25) is 0 Å². The number of amides is 1. The van der Waals surface area contributed by atoms with Gasteiger partial charge in [0.1, 0.15) is 17.7 Å². The van der Waals surface area contributed by atoms with E-state index in [2.05, 4.69) is 15.6 Å². The molecule has 0 aromatic heterocycles. The minimum Gasteiger partial charge on any atom is -0.370 e. The maximum absolute atomic E-state index is 13.6. The van der Waals surface area contributed by atoms with Crippen LogP contribution in [0.5, 0.6) is 0 Å². The third kappa shape index (κ3) is 5.24. The number of benzene rings is 2. The van der Waals surface area contributed by atoms with Crippen molar-refractivity contribution in [3.05, 3.63) is 59.7 Å². The Kier molecular flexibility index (Phi) is 5.97. The number of hydrogen-bond donors (Lipinski definition) is 3. The van der Waals surface area contributed by atoms with E-state index in [9.17, 15) is 13.6 Å². The molecule has 0 saturated carbocycles. The summed E-state index contributed by atoms with van der Waals surface area (Å²) in [6.07, 6.45) is 1.19. The number of carbonyl (C=O) groups excluding carboxylic acids is 1. The largest absolute Gasteiger partial charge is 0.370 e. The highest BCUT2D eigenvalue weighted by Crippen LogP contribution is 2.17. The van der Waals surface area contributed by atoms with Gasteiger partial charge in [0.05, 0.1) is 12.2 Å². The number of hydrogen-bond acceptors (Lipinski definition) is 3. The molecular formula is C19H20F2N4O2. The van der Waals surface area contributed by atoms with Crippen LogP contribution in [0.3, 0.4) is 0 Å². The van der Waals surface area contributed by atoms with E-state index >= 15 is 0 Å². The van der Waals surface area contributed by atoms with E-state index < -0.39 is 17.7 Å². The number of anilines is 2. The highest BCUT2D eigenvalue weighted by molar-refractivity contribution is 5.94. The first-order valence-corrected chi connectivity index (χ1v) is 8.54. The zero-order chi connectivity index (χ0) is 19.2. The molecule has 2 aromatic rings. The van der Waals surface area contributed by atoms with Gasteiger partial charge in [-0.05, 0) is 42.7 Å². The molecule has 0 radical (unpaired) electrons. The molecule has 142 valence electrons. The van der Waals surface area contributed by atoms with Crippen LogP contribution in [0.1, 0.15) is 18.4 Å². The average molecular weight is 374 g/mol. The number of ether oxygens (including phenoxy) is 1. The van der Waals surface area contributed by atoms with Crippen LogP contribution in [0.15, 0.2) is 47.5 Å². The Morgan fingerprint density at radius 2 is 2.07 bits per heavy atom. The molecule has 1 amide bonds. The average Bonchev–Trinajstić information content (AvgIpc) is 3.18. The molecular weight excluding hydrogens is 354 g/mol. The summed E-state index contributed by atoms with van der Waals surface area (Å²) in [5.74, 6) is -1.43. The maximum atomic E-state index is 13.6. The lowest BCUT2D eigenvalue weighted by atomic mass is 10.2. The molecule has 1 saturated heterocycles. The fraction of sp³-hybridized carbons (Fsp3) is 0.263. The van der Waals surface area contributed by atoms with Gasteiger partial charge in [0.2, 0.25) is 0 Å². The van der Waals surface area contributed by atoms with Gasteiger partial charge in [-0.2, -0.15) is 0 Å². The summed E-state index contributed by atoms with van der Waals surface area (Å²) in [6, 6.07) is 10.2. The van der Waals surface area contributed by atoms with Crippen molar-refractivity contribution in [1.82, 2.24) is 0 Å². The number of rotatable bonds is 5. The van der Waals surface area contributed by atoms with Crippen LogP contribution < -0.4 is 16.4 Å². The maximum Gasteiger partial charge on any atom is 0.253 e. The topological polar surface area (TPSA) is 88.7 Å². The van der Waals surface area contributed by atoms with E-state index in [1.807, 2.05) is 6.07 Å². The molecule has 1 atom stereocenters. The first-order valence-electron chi connectivity index (χ1n) is 8.54. The molecule has 1 heterocycles. The first kappa shape index (κ1) is 18.8. The summed E-state index contributed by atoms with van der Waals surface area (Å²) in [4.78, 5) is 16.2. The van der Waals surface area contributed by atoms with Crippen LogP contribution in [0.25, 0.3) is 0 Å². The number of guanidine groups is 1. The lowest BCUT2D eigenvalue weighted by Gasteiger charge is -2.11. The van der Waals surface area contributed by atoms with Gasteiger partial charge in [0, 0.05) is 18.4 Å². The Balaban J connectivity index is 1.60. The van der Waals surface area contributed by atoms with Crippen molar-refractivity contribution in [3.63, 3.8) is 0 Å². The molecule has 0 bridgehead atoms. The van der Waals surface area contributed by atoms with Gasteiger partial charge in [-0.3, -0.25) is 4.79 Å². The number of nitrogens with two attached hydrogens (primary N) is 1. The Bertz CT molecular complexity index is 851. The monoisotopic (exact) mass is 374 g/mol. The fourth-order valence-electron chi connectivity index (χ4n) is 2.70. The van der Waals surface area contributed by atoms with Crippen molar-refractivity contribution >= 4 is 23.2 Å². The van der Waals surface area contributed by atoms with E-state index in [0.717, 1.165) is 30.2 Å². The highest BCUT2D eigenvalue weighted by atomic mass is 19.1. The number of nitrogens with one attached hydrogen (secondary N) is 2. The van der Waals surface area contributed by atoms with Crippen LogP contribution in [-0.4, -0.2) is 24.6 Å². The SMILES string of the molecule is NC(=NCc1cccc(NC(=O)C2CCCO2)c1)Nc1cc(F)ccc1F. The molecule has 1 aliphatic heterocycles. The van der Waals surface area contributed by atoms with Crippen LogP contribution >= 0.6 is 0 Å². The second-order valence-electron chi connectivity index (χ2n) is 6.14. The summed E-state index contributed by atoms with van der Waals surface area (Å²) < 4.78 is 32.1. The molecule has 1 aliphatic rings. The summed E-state index contributed by atoms with van der Waals surface area (Å²) in [6.45, 7) is 0.810. The summed E-state index contributed by atoms with van der Waals surface area (Å²) in [5, 5.41) is 5.35.